The Hall–Kier alpha value is -2.83. The van der Waals surface area contributed by atoms with Crippen molar-refractivity contribution < 1.29 is 23.9 Å². The molecule has 0 radical (unpaired) electrons. The van der Waals surface area contributed by atoms with Gasteiger partial charge in [0.2, 0.25) is 0 Å². The Balaban J connectivity index is 2.39. The smallest absolute Gasteiger partial charge is 0.331 e. The summed E-state index contributed by atoms with van der Waals surface area (Å²) in [7, 11) is 0. The second-order valence-electron chi connectivity index (χ2n) is 5.07. The lowest BCUT2D eigenvalue weighted by Crippen LogP contribution is -2.41. The lowest BCUT2D eigenvalue weighted by atomic mass is 10.2. The van der Waals surface area contributed by atoms with E-state index in [0.717, 1.165) is 18.4 Å². The predicted molar refractivity (Wildman–Crippen MR) is 94.1 cm³/mol. The molecule has 1 aromatic rings. The van der Waals surface area contributed by atoms with E-state index in [4.69, 9.17) is 9.47 Å². The van der Waals surface area contributed by atoms with Crippen molar-refractivity contribution >= 4 is 24.0 Å². The van der Waals surface area contributed by atoms with Crippen LogP contribution in [0.5, 0.6) is 5.75 Å². The Bertz CT molecular complexity index is 613. The maximum absolute atomic E-state index is 11.7. The zero-order chi connectivity index (χ0) is 18.5. The number of esters is 1. The van der Waals surface area contributed by atoms with Crippen LogP contribution >= 0.6 is 0 Å². The van der Waals surface area contributed by atoms with Crippen LogP contribution in [0.3, 0.4) is 0 Å². The van der Waals surface area contributed by atoms with Crippen LogP contribution in [-0.2, 0) is 14.3 Å². The van der Waals surface area contributed by atoms with Crippen molar-refractivity contribution in [3.63, 3.8) is 0 Å². The van der Waals surface area contributed by atoms with Crippen molar-refractivity contribution in [1.29, 1.82) is 0 Å². The molecule has 0 bridgehead atoms. The average Bonchev–Trinajstić information content (AvgIpc) is 2.59. The van der Waals surface area contributed by atoms with Crippen LogP contribution in [-0.4, -0.2) is 37.7 Å². The first-order valence-electron chi connectivity index (χ1n) is 8.21. The van der Waals surface area contributed by atoms with Crippen LogP contribution in [0.25, 0.3) is 6.08 Å². The van der Waals surface area contributed by atoms with Crippen LogP contribution in [0.2, 0.25) is 0 Å². The number of amides is 3. The zero-order valence-electron chi connectivity index (χ0n) is 14.5. The molecule has 0 saturated heterocycles. The molecule has 0 aliphatic heterocycles. The van der Waals surface area contributed by atoms with Crippen molar-refractivity contribution in [2.24, 2.45) is 0 Å². The van der Waals surface area contributed by atoms with E-state index in [9.17, 15) is 14.4 Å². The standard InChI is InChI=1S/C18H24N2O5/c1-3-5-12-19-18(23)20-16(21)13-25-17(22)11-10-14-8-6-7-9-15(14)24-4-2/h6-11H,3-5,12-13H2,1-2H3,(H2,19,20,21,23)/b11-10+. The predicted octanol–water partition coefficient (Wildman–Crippen LogP) is 2.27. The molecule has 0 aliphatic rings. The minimum Gasteiger partial charge on any atom is -0.493 e. The first-order valence-corrected chi connectivity index (χ1v) is 8.21. The quantitative estimate of drug-likeness (QED) is 0.406. The summed E-state index contributed by atoms with van der Waals surface area (Å²) in [5, 5.41) is 4.61. The number of hydrogen-bond acceptors (Lipinski definition) is 5. The topological polar surface area (TPSA) is 93.7 Å². The number of ether oxygens (including phenoxy) is 2. The first-order chi connectivity index (χ1) is 12.1. The monoisotopic (exact) mass is 348 g/mol. The Morgan fingerprint density at radius 2 is 1.92 bits per heavy atom. The lowest BCUT2D eigenvalue weighted by Gasteiger charge is -2.07. The summed E-state index contributed by atoms with van der Waals surface area (Å²) in [5.41, 5.74) is 0.723. The van der Waals surface area contributed by atoms with E-state index in [0.29, 0.717) is 18.9 Å². The maximum atomic E-state index is 11.7. The van der Waals surface area contributed by atoms with Crippen LogP contribution in [0.1, 0.15) is 32.3 Å². The van der Waals surface area contributed by atoms with E-state index in [2.05, 4.69) is 10.6 Å². The second kappa shape index (κ2) is 11.7. The molecule has 0 heterocycles. The molecule has 7 nitrogen and oxygen atoms in total. The number of urea groups is 1. The highest BCUT2D eigenvalue weighted by atomic mass is 16.5. The molecule has 0 aliphatic carbocycles. The number of para-hydroxylation sites is 1. The van der Waals surface area contributed by atoms with Crippen LogP contribution in [0.4, 0.5) is 4.79 Å². The highest BCUT2D eigenvalue weighted by molar-refractivity contribution is 5.96. The van der Waals surface area contributed by atoms with Crippen LogP contribution in [0.15, 0.2) is 30.3 Å². The third-order valence-corrected chi connectivity index (χ3v) is 3.03. The van der Waals surface area contributed by atoms with E-state index in [1.54, 1.807) is 18.2 Å². The van der Waals surface area contributed by atoms with Crippen molar-refractivity contribution in [2.75, 3.05) is 19.8 Å². The molecule has 0 spiro atoms. The van der Waals surface area contributed by atoms with Gasteiger partial charge in [-0.1, -0.05) is 31.5 Å². The molecule has 2 N–H and O–H groups in total. The number of carbonyl (C=O) groups is 3. The summed E-state index contributed by atoms with van der Waals surface area (Å²) in [6.45, 7) is 4.32. The normalized spacial score (nSPS) is 10.3. The zero-order valence-corrected chi connectivity index (χ0v) is 14.5. The van der Waals surface area contributed by atoms with Crippen molar-refractivity contribution in [3.05, 3.63) is 35.9 Å². The number of benzene rings is 1. The molecule has 7 heteroatoms. The SMILES string of the molecule is CCCCNC(=O)NC(=O)COC(=O)/C=C/c1ccccc1OCC. The largest absolute Gasteiger partial charge is 0.493 e. The summed E-state index contributed by atoms with van der Waals surface area (Å²) in [6, 6.07) is 6.63. The minimum atomic E-state index is -0.689. The average molecular weight is 348 g/mol. The molecular weight excluding hydrogens is 324 g/mol. The van der Waals surface area contributed by atoms with Gasteiger partial charge in [-0.3, -0.25) is 10.1 Å². The molecule has 0 aromatic heterocycles. The minimum absolute atomic E-state index is 0.484. The van der Waals surface area contributed by atoms with Crippen LogP contribution in [0, 0.1) is 0 Å². The first kappa shape index (κ1) is 20.2. The summed E-state index contributed by atoms with van der Waals surface area (Å²) in [4.78, 5) is 34.5. The van der Waals surface area contributed by atoms with Crippen molar-refractivity contribution in [1.82, 2.24) is 10.6 Å². The van der Waals surface area contributed by atoms with Gasteiger partial charge in [-0.2, -0.15) is 0 Å². The fraction of sp³-hybridized carbons (Fsp3) is 0.389. The fourth-order valence-electron chi connectivity index (χ4n) is 1.83. The van der Waals surface area contributed by atoms with Gasteiger partial charge >= 0.3 is 12.0 Å². The summed E-state index contributed by atoms with van der Waals surface area (Å²) in [6.07, 6.45) is 4.50. The molecule has 0 fully saturated rings. The summed E-state index contributed by atoms with van der Waals surface area (Å²) >= 11 is 0. The van der Waals surface area contributed by atoms with Crippen LogP contribution < -0.4 is 15.4 Å². The Kier molecular flexibility index (Phi) is 9.43. The number of unbranched alkanes of at least 4 members (excludes halogenated alkanes) is 1. The number of rotatable bonds is 9. The van der Waals surface area contributed by atoms with Gasteiger partial charge in [-0.25, -0.2) is 9.59 Å². The van der Waals surface area contributed by atoms with Gasteiger partial charge in [0.15, 0.2) is 6.61 Å². The molecule has 1 aromatic carbocycles. The molecule has 136 valence electrons. The fourth-order valence-corrected chi connectivity index (χ4v) is 1.83. The van der Waals surface area contributed by atoms with E-state index in [1.165, 1.54) is 6.08 Å². The van der Waals surface area contributed by atoms with Gasteiger partial charge in [0.25, 0.3) is 5.91 Å². The highest BCUT2D eigenvalue weighted by Crippen LogP contribution is 2.19. The van der Waals surface area contributed by atoms with E-state index in [1.807, 2.05) is 26.0 Å². The molecule has 1 rings (SSSR count). The Morgan fingerprint density at radius 1 is 1.16 bits per heavy atom. The molecule has 3 amide bonds. The van der Waals surface area contributed by atoms with Gasteiger partial charge in [-0.15, -0.1) is 0 Å². The summed E-state index contributed by atoms with van der Waals surface area (Å²) in [5.74, 6) is -0.728. The van der Waals surface area contributed by atoms with Gasteiger partial charge < -0.3 is 14.8 Å². The van der Waals surface area contributed by atoms with Gasteiger partial charge in [-0.05, 0) is 25.5 Å². The Labute approximate surface area is 147 Å². The third kappa shape index (κ3) is 8.55. The number of hydrogen-bond donors (Lipinski definition) is 2. The van der Waals surface area contributed by atoms with Gasteiger partial charge in [0.05, 0.1) is 6.61 Å². The number of carbonyl (C=O) groups excluding carboxylic acids is 3. The second-order valence-corrected chi connectivity index (χ2v) is 5.07. The molecule has 25 heavy (non-hydrogen) atoms. The molecular formula is C18H24N2O5. The number of nitrogens with one attached hydrogen (secondary N) is 2. The van der Waals surface area contributed by atoms with Gasteiger partial charge in [0, 0.05) is 18.2 Å². The van der Waals surface area contributed by atoms with Crippen molar-refractivity contribution in [2.45, 2.75) is 26.7 Å². The van der Waals surface area contributed by atoms with Gasteiger partial charge in [0.1, 0.15) is 5.75 Å². The lowest BCUT2D eigenvalue weighted by molar-refractivity contribution is -0.143. The van der Waals surface area contributed by atoms with E-state index < -0.39 is 24.5 Å². The van der Waals surface area contributed by atoms with E-state index in [-0.39, 0.29) is 0 Å². The highest BCUT2D eigenvalue weighted by Gasteiger charge is 2.09. The third-order valence-electron chi connectivity index (χ3n) is 3.03. The number of imide groups is 1. The Morgan fingerprint density at radius 3 is 2.64 bits per heavy atom. The maximum Gasteiger partial charge on any atom is 0.331 e. The summed E-state index contributed by atoms with van der Waals surface area (Å²) < 4.78 is 10.2. The molecule has 0 saturated carbocycles. The van der Waals surface area contributed by atoms with Crippen molar-refractivity contribution in [3.8, 4) is 5.75 Å². The molecule has 0 atom stereocenters. The molecule has 0 unspecified atom stereocenters. The van der Waals surface area contributed by atoms with E-state index >= 15 is 0 Å².